The number of benzene rings is 2. The summed E-state index contributed by atoms with van der Waals surface area (Å²) in [6, 6.07) is 9.33. The number of halogens is 4. The predicted molar refractivity (Wildman–Crippen MR) is 78.0 cm³/mol. The molecule has 0 aliphatic rings. The Morgan fingerprint density at radius 1 is 1.14 bits per heavy atom. The second-order valence-electron chi connectivity index (χ2n) is 4.23. The molecule has 0 spiro atoms. The Bertz CT molecular complexity index is 686. The van der Waals surface area contributed by atoms with E-state index in [1.54, 1.807) is 6.07 Å². The first-order valence-corrected chi connectivity index (χ1v) is 6.61. The summed E-state index contributed by atoms with van der Waals surface area (Å²) in [7, 11) is 0. The molecule has 0 fully saturated rings. The van der Waals surface area contributed by atoms with Crippen molar-refractivity contribution in [2.75, 3.05) is 11.1 Å². The van der Waals surface area contributed by atoms with Crippen molar-refractivity contribution in [2.24, 2.45) is 0 Å². The minimum atomic E-state index is -4.55. The third-order valence-electron chi connectivity index (χ3n) is 2.74. The minimum Gasteiger partial charge on any atom is -0.398 e. The van der Waals surface area contributed by atoms with Gasteiger partial charge in [-0.15, -0.1) is 0 Å². The maximum Gasteiger partial charge on any atom is 0.418 e. The highest BCUT2D eigenvalue weighted by Crippen LogP contribution is 2.34. The van der Waals surface area contributed by atoms with Gasteiger partial charge in [0.05, 0.1) is 16.8 Å². The Kier molecular flexibility index (Phi) is 4.22. The molecule has 21 heavy (non-hydrogen) atoms. The van der Waals surface area contributed by atoms with E-state index >= 15 is 0 Å². The lowest BCUT2D eigenvalue weighted by molar-refractivity contribution is -0.136. The number of carbonyl (C=O) groups is 1. The van der Waals surface area contributed by atoms with Crippen molar-refractivity contribution in [1.82, 2.24) is 0 Å². The van der Waals surface area contributed by atoms with Gasteiger partial charge in [-0.3, -0.25) is 4.79 Å². The lowest BCUT2D eigenvalue weighted by Gasteiger charge is -2.14. The second-order valence-corrected chi connectivity index (χ2v) is 5.14. The molecule has 0 unspecified atom stereocenters. The zero-order valence-electron chi connectivity index (χ0n) is 10.5. The fourth-order valence-electron chi connectivity index (χ4n) is 1.75. The number of para-hydroxylation sites is 1. The molecule has 0 saturated carbocycles. The number of anilines is 2. The molecule has 2 aromatic rings. The van der Waals surface area contributed by atoms with Crippen LogP contribution in [0.15, 0.2) is 46.9 Å². The van der Waals surface area contributed by atoms with Crippen LogP contribution in [0.5, 0.6) is 0 Å². The molecular weight excluding hydrogens is 349 g/mol. The molecule has 0 aliphatic carbocycles. The lowest BCUT2D eigenvalue weighted by Crippen LogP contribution is -2.17. The fourth-order valence-corrected chi connectivity index (χ4v) is 2.12. The van der Waals surface area contributed by atoms with Crippen LogP contribution < -0.4 is 11.1 Å². The summed E-state index contributed by atoms with van der Waals surface area (Å²) in [4.78, 5) is 12.1. The number of alkyl halides is 3. The summed E-state index contributed by atoms with van der Waals surface area (Å²) in [5.41, 5.74) is 4.72. The molecule has 0 bridgehead atoms. The van der Waals surface area contributed by atoms with Crippen molar-refractivity contribution in [3.05, 3.63) is 58.1 Å². The Morgan fingerprint density at radius 3 is 2.48 bits per heavy atom. The zero-order valence-corrected chi connectivity index (χ0v) is 12.1. The highest BCUT2D eigenvalue weighted by Gasteiger charge is 2.33. The molecule has 0 saturated heterocycles. The average Bonchev–Trinajstić information content (AvgIpc) is 2.41. The molecular formula is C14H10BrF3N2O. The van der Waals surface area contributed by atoms with Gasteiger partial charge in [0.25, 0.3) is 5.91 Å². The van der Waals surface area contributed by atoms with E-state index in [9.17, 15) is 18.0 Å². The third kappa shape index (κ3) is 3.55. The van der Waals surface area contributed by atoms with E-state index in [2.05, 4.69) is 21.2 Å². The number of nitrogen functional groups attached to an aromatic ring is 1. The van der Waals surface area contributed by atoms with E-state index in [1.807, 2.05) is 0 Å². The Balaban J connectivity index is 2.35. The van der Waals surface area contributed by atoms with Gasteiger partial charge in [0.15, 0.2) is 0 Å². The standard InChI is InChI=1S/C14H10BrF3N2O/c15-8-5-6-11(19)9(7-8)13(21)20-12-4-2-1-3-10(12)14(16,17)18/h1-7H,19H2,(H,20,21). The summed E-state index contributed by atoms with van der Waals surface area (Å²) in [6.07, 6.45) is -4.55. The number of nitrogens with two attached hydrogens (primary N) is 1. The van der Waals surface area contributed by atoms with Crippen LogP contribution >= 0.6 is 15.9 Å². The zero-order chi connectivity index (χ0) is 15.6. The van der Waals surface area contributed by atoms with Crippen molar-refractivity contribution >= 4 is 33.2 Å². The van der Waals surface area contributed by atoms with Crippen molar-refractivity contribution in [3.63, 3.8) is 0 Å². The maximum atomic E-state index is 12.9. The first-order valence-electron chi connectivity index (χ1n) is 5.81. The van der Waals surface area contributed by atoms with Crippen LogP contribution in [-0.4, -0.2) is 5.91 Å². The normalized spacial score (nSPS) is 11.2. The van der Waals surface area contributed by atoms with E-state index in [4.69, 9.17) is 5.73 Å². The van der Waals surface area contributed by atoms with Crippen LogP contribution in [0.3, 0.4) is 0 Å². The third-order valence-corrected chi connectivity index (χ3v) is 3.23. The molecule has 1 amide bonds. The number of rotatable bonds is 2. The molecule has 3 nitrogen and oxygen atoms in total. The summed E-state index contributed by atoms with van der Waals surface area (Å²) in [5.74, 6) is -0.703. The van der Waals surface area contributed by atoms with Crippen LogP contribution in [0, 0.1) is 0 Å². The van der Waals surface area contributed by atoms with Crippen LogP contribution in [0.25, 0.3) is 0 Å². The highest BCUT2D eigenvalue weighted by molar-refractivity contribution is 9.10. The largest absolute Gasteiger partial charge is 0.418 e. The molecule has 0 atom stereocenters. The van der Waals surface area contributed by atoms with Gasteiger partial charge in [-0.1, -0.05) is 28.1 Å². The Morgan fingerprint density at radius 2 is 1.81 bits per heavy atom. The van der Waals surface area contributed by atoms with Crippen LogP contribution in [0.4, 0.5) is 24.5 Å². The molecule has 2 aromatic carbocycles. The Hall–Kier alpha value is -2.02. The maximum absolute atomic E-state index is 12.9. The van der Waals surface area contributed by atoms with Gasteiger partial charge >= 0.3 is 6.18 Å². The van der Waals surface area contributed by atoms with Gasteiger partial charge in [-0.25, -0.2) is 0 Å². The van der Waals surface area contributed by atoms with Gasteiger partial charge in [-0.2, -0.15) is 13.2 Å². The van der Waals surface area contributed by atoms with Crippen LogP contribution in [0.2, 0.25) is 0 Å². The van der Waals surface area contributed by atoms with E-state index in [-0.39, 0.29) is 16.9 Å². The highest BCUT2D eigenvalue weighted by atomic mass is 79.9. The summed E-state index contributed by atoms with van der Waals surface area (Å²) < 4.78 is 39.2. The van der Waals surface area contributed by atoms with Gasteiger partial charge in [-0.05, 0) is 30.3 Å². The van der Waals surface area contributed by atoms with Crippen molar-refractivity contribution < 1.29 is 18.0 Å². The fraction of sp³-hybridized carbons (Fsp3) is 0.0714. The minimum absolute atomic E-state index is 0.0985. The molecule has 2 rings (SSSR count). The number of hydrogen-bond acceptors (Lipinski definition) is 2. The molecule has 0 aromatic heterocycles. The monoisotopic (exact) mass is 358 g/mol. The van der Waals surface area contributed by atoms with Gasteiger partial charge in [0.1, 0.15) is 0 Å². The molecule has 0 aliphatic heterocycles. The molecule has 7 heteroatoms. The van der Waals surface area contributed by atoms with Crippen molar-refractivity contribution in [2.45, 2.75) is 6.18 Å². The van der Waals surface area contributed by atoms with E-state index in [1.165, 1.54) is 30.3 Å². The first-order chi connectivity index (χ1) is 9.79. The van der Waals surface area contributed by atoms with Gasteiger partial charge < -0.3 is 11.1 Å². The molecule has 0 heterocycles. The molecule has 0 radical (unpaired) electrons. The van der Waals surface area contributed by atoms with E-state index in [0.29, 0.717) is 4.47 Å². The second kappa shape index (κ2) is 5.77. The summed E-state index contributed by atoms with van der Waals surface area (Å²) in [6.45, 7) is 0. The van der Waals surface area contributed by atoms with Gasteiger partial charge in [0, 0.05) is 10.2 Å². The topological polar surface area (TPSA) is 55.1 Å². The Labute approximate surface area is 127 Å². The number of amides is 1. The number of nitrogens with one attached hydrogen (secondary N) is 1. The molecule has 3 N–H and O–H groups in total. The van der Waals surface area contributed by atoms with Gasteiger partial charge in [0.2, 0.25) is 0 Å². The van der Waals surface area contributed by atoms with E-state index < -0.39 is 17.6 Å². The van der Waals surface area contributed by atoms with E-state index in [0.717, 1.165) is 6.07 Å². The smallest absolute Gasteiger partial charge is 0.398 e. The van der Waals surface area contributed by atoms with Crippen molar-refractivity contribution in [3.8, 4) is 0 Å². The van der Waals surface area contributed by atoms with Crippen LogP contribution in [-0.2, 0) is 6.18 Å². The quantitative estimate of drug-likeness (QED) is 0.786. The van der Waals surface area contributed by atoms with Crippen molar-refractivity contribution in [1.29, 1.82) is 0 Å². The predicted octanol–water partition coefficient (Wildman–Crippen LogP) is 4.30. The number of hydrogen-bond donors (Lipinski definition) is 2. The molecule has 110 valence electrons. The number of carbonyl (C=O) groups excluding carboxylic acids is 1. The first kappa shape index (κ1) is 15.4. The summed E-state index contributed by atoms with van der Waals surface area (Å²) >= 11 is 3.18. The van der Waals surface area contributed by atoms with Crippen LogP contribution in [0.1, 0.15) is 15.9 Å². The SMILES string of the molecule is Nc1ccc(Br)cc1C(=O)Nc1ccccc1C(F)(F)F. The average molecular weight is 359 g/mol. The summed E-state index contributed by atoms with van der Waals surface area (Å²) in [5, 5.41) is 2.24. The lowest BCUT2D eigenvalue weighted by atomic mass is 10.1.